The Hall–Kier alpha value is -1.01. The van der Waals surface area contributed by atoms with Gasteiger partial charge in [-0.2, -0.15) is 0 Å². The number of carbonyl (C=O) groups excluding carboxylic acids is 1. The van der Waals surface area contributed by atoms with Crippen LogP contribution in [0.5, 0.6) is 0 Å². The number of amides is 1. The third kappa shape index (κ3) is 8.90. The van der Waals surface area contributed by atoms with Crippen LogP contribution in [-0.2, 0) is 4.79 Å². The van der Waals surface area contributed by atoms with Gasteiger partial charge in [0.1, 0.15) is 0 Å². The van der Waals surface area contributed by atoms with Crippen LogP contribution in [0.1, 0.15) is 39.0 Å². The molecule has 0 aliphatic rings. The molecule has 1 atom stereocenters. The van der Waals surface area contributed by atoms with E-state index in [9.17, 15) is 4.79 Å². The fourth-order valence-electron chi connectivity index (χ4n) is 0.934. The topological polar surface area (TPSA) is 69.1 Å². The summed E-state index contributed by atoms with van der Waals surface area (Å²) in [5, 5.41) is 0. The van der Waals surface area contributed by atoms with Crippen molar-refractivity contribution in [1.82, 2.24) is 0 Å². The standard InChI is InChI=1S/C10H18N2O/c1-2-3-4-5-6-7-9(11)8-10(12)13/h9H,2-5,8,11H2,1H3,(H2,12,13). The number of carbonyl (C=O) groups is 1. The Morgan fingerprint density at radius 2 is 2.15 bits per heavy atom. The highest BCUT2D eigenvalue weighted by Crippen LogP contribution is 1.96. The van der Waals surface area contributed by atoms with Gasteiger partial charge in [0.2, 0.25) is 5.91 Å². The van der Waals surface area contributed by atoms with Crippen molar-refractivity contribution in [3.05, 3.63) is 0 Å². The van der Waals surface area contributed by atoms with Gasteiger partial charge in [0.05, 0.1) is 12.5 Å². The summed E-state index contributed by atoms with van der Waals surface area (Å²) < 4.78 is 0. The molecule has 0 aromatic rings. The predicted molar refractivity (Wildman–Crippen MR) is 53.7 cm³/mol. The van der Waals surface area contributed by atoms with Crippen molar-refractivity contribution in [2.75, 3.05) is 0 Å². The van der Waals surface area contributed by atoms with Crippen molar-refractivity contribution in [3.8, 4) is 11.8 Å². The quantitative estimate of drug-likeness (QED) is 0.487. The van der Waals surface area contributed by atoms with E-state index in [2.05, 4.69) is 18.8 Å². The molecule has 0 saturated heterocycles. The van der Waals surface area contributed by atoms with Crippen molar-refractivity contribution < 1.29 is 4.79 Å². The van der Waals surface area contributed by atoms with Crippen molar-refractivity contribution in [3.63, 3.8) is 0 Å². The van der Waals surface area contributed by atoms with Crippen LogP contribution in [-0.4, -0.2) is 11.9 Å². The molecule has 0 heterocycles. The molecule has 3 nitrogen and oxygen atoms in total. The summed E-state index contributed by atoms with van der Waals surface area (Å²) in [5.74, 6) is 5.35. The minimum absolute atomic E-state index is 0.154. The second-order valence-electron chi connectivity index (χ2n) is 3.06. The highest BCUT2D eigenvalue weighted by molar-refractivity contribution is 5.74. The van der Waals surface area contributed by atoms with E-state index < -0.39 is 5.91 Å². The van der Waals surface area contributed by atoms with Crippen molar-refractivity contribution in [1.29, 1.82) is 0 Å². The van der Waals surface area contributed by atoms with Crippen LogP contribution in [0.25, 0.3) is 0 Å². The van der Waals surface area contributed by atoms with Gasteiger partial charge in [0.25, 0.3) is 0 Å². The minimum atomic E-state index is -0.393. The van der Waals surface area contributed by atoms with Gasteiger partial charge in [-0.3, -0.25) is 4.79 Å². The maximum atomic E-state index is 10.4. The first kappa shape index (κ1) is 12.0. The Labute approximate surface area is 79.9 Å². The second-order valence-corrected chi connectivity index (χ2v) is 3.06. The third-order valence-corrected chi connectivity index (χ3v) is 1.61. The van der Waals surface area contributed by atoms with E-state index in [1.165, 1.54) is 12.8 Å². The fourth-order valence-corrected chi connectivity index (χ4v) is 0.934. The van der Waals surface area contributed by atoms with Gasteiger partial charge >= 0.3 is 0 Å². The van der Waals surface area contributed by atoms with Crippen LogP contribution in [0.4, 0.5) is 0 Å². The Morgan fingerprint density at radius 3 is 2.69 bits per heavy atom. The first-order valence-electron chi connectivity index (χ1n) is 4.69. The van der Waals surface area contributed by atoms with E-state index in [1.807, 2.05) is 0 Å². The summed E-state index contributed by atoms with van der Waals surface area (Å²) >= 11 is 0. The molecule has 0 aromatic carbocycles. The fraction of sp³-hybridized carbons (Fsp3) is 0.700. The Morgan fingerprint density at radius 1 is 1.46 bits per heavy atom. The molecule has 0 spiro atoms. The van der Waals surface area contributed by atoms with Crippen LogP contribution in [0, 0.1) is 11.8 Å². The molecule has 0 aliphatic carbocycles. The van der Waals surface area contributed by atoms with Crippen LogP contribution < -0.4 is 11.5 Å². The molecule has 1 unspecified atom stereocenters. The van der Waals surface area contributed by atoms with Crippen LogP contribution >= 0.6 is 0 Å². The monoisotopic (exact) mass is 182 g/mol. The van der Waals surface area contributed by atoms with E-state index >= 15 is 0 Å². The van der Waals surface area contributed by atoms with Crippen molar-refractivity contribution >= 4 is 5.91 Å². The lowest BCUT2D eigenvalue weighted by atomic mass is 10.2. The highest BCUT2D eigenvalue weighted by atomic mass is 16.1. The maximum Gasteiger partial charge on any atom is 0.219 e. The predicted octanol–water partition coefficient (Wildman–Crippen LogP) is 0.773. The number of nitrogens with two attached hydrogens (primary N) is 2. The minimum Gasteiger partial charge on any atom is -0.370 e. The molecule has 74 valence electrons. The zero-order valence-corrected chi connectivity index (χ0v) is 8.18. The average Bonchev–Trinajstić information content (AvgIpc) is 2.02. The van der Waals surface area contributed by atoms with Gasteiger partial charge in [0.15, 0.2) is 0 Å². The molecule has 3 heteroatoms. The summed E-state index contributed by atoms with van der Waals surface area (Å²) in [6.07, 6.45) is 4.50. The van der Waals surface area contributed by atoms with E-state index in [-0.39, 0.29) is 12.5 Å². The van der Waals surface area contributed by atoms with E-state index in [1.54, 1.807) is 0 Å². The van der Waals surface area contributed by atoms with Gasteiger partial charge in [0, 0.05) is 6.42 Å². The van der Waals surface area contributed by atoms with Crippen LogP contribution in [0.15, 0.2) is 0 Å². The zero-order chi connectivity index (χ0) is 10.1. The summed E-state index contributed by atoms with van der Waals surface area (Å²) in [6, 6.07) is -0.390. The zero-order valence-electron chi connectivity index (χ0n) is 8.18. The lowest BCUT2D eigenvalue weighted by Crippen LogP contribution is -2.25. The third-order valence-electron chi connectivity index (χ3n) is 1.61. The molecular weight excluding hydrogens is 164 g/mol. The molecule has 0 fully saturated rings. The molecule has 0 aromatic heterocycles. The number of hydrogen-bond acceptors (Lipinski definition) is 2. The number of primary amides is 1. The van der Waals surface area contributed by atoms with Crippen LogP contribution in [0.3, 0.4) is 0 Å². The maximum absolute atomic E-state index is 10.4. The molecule has 13 heavy (non-hydrogen) atoms. The summed E-state index contributed by atoms with van der Waals surface area (Å²) in [5.41, 5.74) is 10.5. The van der Waals surface area contributed by atoms with Crippen molar-refractivity contribution in [2.24, 2.45) is 11.5 Å². The lowest BCUT2D eigenvalue weighted by Gasteiger charge is -1.98. The molecule has 0 aliphatic heterocycles. The van der Waals surface area contributed by atoms with Gasteiger partial charge < -0.3 is 11.5 Å². The molecule has 0 rings (SSSR count). The first-order chi connectivity index (χ1) is 6.16. The largest absolute Gasteiger partial charge is 0.370 e. The molecule has 4 N–H and O–H groups in total. The van der Waals surface area contributed by atoms with Gasteiger partial charge in [-0.15, -0.1) is 5.92 Å². The van der Waals surface area contributed by atoms with Crippen LogP contribution in [0.2, 0.25) is 0 Å². The second kappa shape index (κ2) is 7.63. The summed E-state index contributed by atoms with van der Waals surface area (Å²) in [4.78, 5) is 10.4. The molecule has 1 amide bonds. The van der Waals surface area contributed by atoms with E-state index in [4.69, 9.17) is 11.5 Å². The lowest BCUT2D eigenvalue weighted by molar-refractivity contribution is -0.118. The molecular formula is C10H18N2O. The molecule has 0 saturated carbocycles. The Bertz CT molecular complexity index is 203. The number of unbranched alkanes of at least 4 members (excludes halogenated alkanes) is 3. The SMILES string of the molecule is CCCCCC#CC(N)CC(N)=O. The Kier molecular flexibility index (Phi) is 7.04. The normalized spacial score (nSPS) is 11.5. The van der Waals surface area contributed by atoms with Gasteiger partial charge in [-0.05, 0) is 6.42 Å². The summed E-state index contributed by atoms with van der Waals surface area (Å²) in [7, 11) is 0. The van der Waals surface area contributed by atoms with E-state index in [0.717, 1.165) is 12.8 Å². The highest BCUT2D eigenvalue weighted by Gasteiger charge is 2.00. The first-order valence-corrected chi connectivity index (χ1v) is 4.69. The molecule has 0 bridgehead atoms. The summed E-state index contributed by atoms with van der Waals surface area (Å²) in [6.45, 7) is 2.15. The Balaban J connectivity index is 3.51. The number of rotatable bonds is 5. The van der Waals surface area contributed by atoms with Gasteiger partial charge in [-0.25, -0.2) is 0 Å². The average molecular weight is 182 g/mol. The van der Waals surface area contributed by atoms with Crippen molar-refractivity contribution in [2.45, 2.75) is 45.1 Å². The van der Waals surface area contributed by atoms with E-state index in [0.29, 0.717) is 0 Å². The molecule has 0 radical (unpaired) electrons. The smallest absolute Gasteiger partial charge is 0.219 e. The van der Waals surface area contributed by atoms with Gasteiger partial charge in [-0.1, -0.05) is 25.7 Å². The number of hydrogen-bond donors (Lipinski definition) is 2.